The molecule has 7 nitrogen and oxygen atoms in total. The molecule has 0 bridgehead atoms. The maximum atomic E-state index is 13.1. The van der Waals surface area contributed by atoms with Crippen molar-refractivity contribution in [2.75, 3.05) is 0 Å². The number of hydrogen-bond donors (Lipinski definition) is 2. The highest BCUT2D eigenvalue weighted by Gasteiger charge is 2.30. The zero-order chi connectivity index (χ0) is 24.3. The topological polar surface area (TPSA) is 85.2 Å². The van der Waals surface area contributed by atoms with Crippen molar-refractivity contribution in [3.63, 3.8) is 0 Å². The third kappa shape index (κ3) is 5.84. The fourth-order valence-corrected chi connectivity index (χ4v) is 5.46. The normalized spacial score (nSPS) is 14.7. The smallest absolute Gasteiger partial charge is 0.277 e. The van der Waals surface area contributed by atoms with Crippen molar-refractivity contribution in [1.29, 1.82) is 0 Å². The van der Waals surface area contributed by atoms with Gasteiger partial charge in [0.25, 0.3) is 10.2 Å². The van der Waals surface area contributed by atoms with E-state index in [9.17, 15) is 12.8 Å². The number of rotatable bonds is 10. The summed E-state index contributed by atoms with van der Waals surface area (Å²) in [6.07, 6.45) is 2.82. The first-order valence-corrected chi connectivity index (χ1v) is 13.0. The lowest BCUT2D eigenvalue weighted by Gasteiger charge is -2.31. The number of nitrogens with zero attached hydrogens (tertiary/aromatic N) is 2. The molecule has 0 spiro atoms. The number of halogens is 1. The number of hydrogen-bond acceptors (Lipinski definition) is 4. The van der Waals surface area contributed by atoms with Crippen LogP contribution in [-0.4, -0.2) is 24.2 Å². The predicted octanol–water partition coefficient (Wildman–Crippen LogP) is 4.50. The van der Waals surface area contributed by atoms with Crippen LogP contribution in [0.4, 0.5) is 4.39 Å². The van der Waals surface area contributed by atoms with Crippen molar-refractivity contribution < 1.29 is 17.5 Å². The van der Waals surface area contributed by atoms with Crippen LogP contribution in [0.15, 0.2) is 54.6 Å². The molecule has 34 heavy (non-hydrogen) atoms. The van der Waals surface area contributed by atoms with Crippen molar-refractivity contribution in [2.24, 2.45) is 0 Å². The van der Waals surface area contributed by atoms with E-state index in [0.717, 1.165) is 41.8 Å². The Morgan fingerprint density at radius 2 is 1.88 bits per heavy atom. The van der Waals surface area contributed by atoms with Gasteiger partial charge in [-0.2, -0.15) is 23.0 Å². The highest BCUT2D eigenvalue weighted by Crippen LogP contribution is 2.28. The number of nitrogens with one attached hydrogen (secondary N) is 2. The van der Waals surface area contributed by atoms with Gasteiger partial charge in [-0.3, -0.25) is 4.68 Å². The van der Waals surface area contributed by atoms with Crippen molar-refractivity contribution in [3.8, 4) is 17.0 Å². The molecule has 1 aromatic heterocycles. The van der Waals surface area contributed by atoms with Crippen LogP contribution in [0.25, 0.3) is 11.3 Å². The number of aromatic nitrogens is 2. The lowest BCUT2D eigenvalue weighted by Crippen LogP contribution is -2.51. The Morgan fingerprint density at radius 3 is 2.53 bits per heavy atom. The Bertz CT molecular complexity index is 1240. The molecule has 1 aliphatic rings. The van der Waals surface area contributed by atoms with Gasteiger partial charge in [-0.05, 0) is 75.6 Å². The van der Waals surface area contributed by atoms with E-state index in [1.165, 1.54) is 12.1 Å². The lowest BCUT2D eigenvalue weighted by molar-refractivity contribution is 0.299. The van der Waals surface area contributed by atoms with Gasteiger partial charge in [0, 0.05) is 18.2 Å². The molecule has 3 aromatic rings. The summed E-state index contributed by atoms with van der Waals surface area (Å²) < 4.78 is 51.5. The maximum absolute atomic E-state index is 13.1. The Morgan fingerprint density at radius 1 is 1.15 bits per heavy atom. The van der Waals surface area contributed by atoms with Gasteiger partial charge < -0.3 is 4.74 Å². The molecule has 4 rings (SSSR count). The van der Waals surface area contributed by atoms with Gasteiger partial charge >= 0.3 is 0 Å². The van der Waals surface area contributed by atoms with Crippen LogP contribution in [0.2, 0.25) is 0 Å². The molecule has 1 saturated carbocycles. The van der Waals surface area contributed by atoms with Crippen LogP contribution in [0, 0.1) is 5.82 Å². The molecule has 0 saturated heterocycles. The van der Waals surface area contributed by atoms with Crippen LogP contribution in [0.1, 0.15) is 51.3 Å². The molecule has 0 atom stereocenters. The second kappa shape index (κ2) is 9.85. The summed E-state index contributed by atoms with van der Waals surface area (Å²) in [7, 11) is -3.63. The quantitative estimate of drug-likeness (QED) is 0.442. The molecule has 0 aliphatic heterocycles. The minimum Gasteiger partial charge on any atom is -0.487 e. The molecule has 1 heterocycles. The standard InChI is InChI=1S/C25H31FN4O3S/c1-4-30-24(16-22(27-30)17-33-23-13-11-20(26)12-14-23)18-7-5-8-19(15-18)25(2,3)29-34(31,32)28-21-9-6-10-21/h5,7-8,11-16,21,28-29H,4,6,9-10,17H2,1-3H3. The SMILES string of the molecule is CCn1nc(COc2ccc(F)cc2)cc1-c1cccc(C(C)(C)NS(=O)(=O)NC2CCC2)c1. The average Bonchev–Trinajstić information content (AvgIpc) is 3.19. The van der Waals surface area contributed by atoms with Gasteiger partial charge in [0.1, 0.15) is 23.9 Å². The Hall–Kier alpha value is -2.75. The second-order valence-corrected chi connectivity index (χ2v) is 10.6. The molecule has 0 amide bonds. The summed E-state index contributed by atoms with van der Waals surface area (Å²) >= 11 is 0. The summed E-state index contributed by atoms with van der Waals surface area (Å²) in [5, 5.41) is 4.63. The van der Waals surface area contributed by atoms with Gasteiger partial charge in [-0.25, -0.2) is 4.39 Å². The second-order valence-electron chi connectivity index (χ2n) is 9.14. The van der Waals surface area contributed by atoms with E-state index in [0.29, 0.717) is 12.3 Å². The minimum absolute atomic E-state index is 0.0223. The summed E-state index contributed by atoms with van der Waals surface area (Å²) in [6, 6.07) is 15.7. The maximum Gasteiger partial charge on any atom is 0.277 e. The van der Waals surface area contributed by atoms with E-state index in [2.05, 4.69) is 14.5 Å². The summed E-state index contributed by atoms with van der Waals surface area (Å²) in [5.74, 6) is 0.259. The van der Waals surface area contributed by atoms with Crippen LogP contribution in [-0.2, 0) is 28.9 Å². The Balaban J connectivity index is 1.52. The van der Waals surface area contributed by atoms with E-state index in [-0.39, 0.29) is 18.5 Å². The van der Waals surface area contributed by atoms with Crippen LogP contribution in [0.5, 0.6) is 5.75 Å². The van der Waals surface area contributed by atoms with Crippen LogP contribution < -0.4 is 14.2 Å². The van der Waals surface area contributed by atoms with Gasteiger partial charge in [-0.15, -0.1) is 0 Å². The first kappa shape index (κ1) is 24.4. The van der Waals surface area contributed by atoms with Crippen molar-refractivity contribution in [1.82, 2.24) is 19.2 Å². The molecular formula is C25H31FN4O3S. The third-order valence-corrected chi connectivity index (χ3v) is 7.45. The zero-order valence-corrected chi connectivity index (χ0v) is 20.5. The fraction of sp³-hybridized carbons (Fsp3) is 0.400. The Labute approximate surface area is 200 Å². The minimum atomic E-state index is -3.63. The van der Waals surface area contributed by atoms with Crippen LogP contribution in [0.3, 0.4) is 0 Å². The molecule has 2 aromatic carbocycles. The van der Waals surface area contributed by atoms with Gasteiger partial charge in [0.15, 0.2) is 0 Å². The van der Waals surface area contributed by atoms with E-state index >= 15 is 0 Å². The highest BCUT2D eigenvalue weighted by molar-refractivity contribution is 7.87. The van der Waals surface area contributed by atoms with Crippen molar-refractivity contribution in [3.05, 3.63) is 71.7 Å². The first-order valence-electron chi connectivity index (χ1n) is 11.5. The Kier molecular flexibility index (Phi) is 7.06. The van der Waals surface area contributed by atoms with Gasteiger partial charge in [0.05, 0.1) is 11.2 Å². The van der Waals surface area contributed by atoms with Crippen LogP contribution >= 0.6 is 0 Å². The molecule has 1 aliphatic carbocycles. The van der Waals surface area contributed by atoms with Crippen molar-refractivity contribution >= 4 is 10.2 Å². The van der Waals surface area contributed by atoms with E-state index in [1.54, 1.807) is 12.1 Å². The number of benzene rings is 2. The zero-order valence-electron chi connectivity index (χ0n) is 19.7. The molecular weight excluding hydrogens is 455 g/mol. The lowest BCUT2D eigenvalue weighted by atomic mass is 9.93. The fourth-order valence-electron chi connectivity index (χ4n) is 3.94. The summed E-state index contributed by atoms with van der Waals surface area (Å²) in [6.45, 7) is 6.63. The average molecular weight is 487 g/mol. The monoisotopic (exact) mass is 486 g/mol. The first-order chi connectivity index (χ1) is 16.1. The van der Waals surface area contributed by atoms with Crippen molar-refractivity contribution in [2.45, 2.75) is 64.8 Å². The molecule has 182 valence electrons. The van der Waals surface area contributed by atoms with Gasteiger partial charge in [0.2, 0.25) is 0 Å². The van der Waals surface area contributed by atoms with E-state index in [1.807, 2.05) is 55.8 Å². The summed E-state index contributed by atoms with van der Waals surface area (Å²) in [4.78, 5) is 0. The van der Waals surface area contributed by atoms with E-state index in [4.69, 9.17) is 4.74 Å². The van der Waals surface area contributed by atoms with Gasteiger partial charge in [-0.1, -0.05) is 24.6 Å². The number of aryl methyl sites for hydroxylation is 1. The molecule has 0 radical (unpaired) electrons. The molecule has 0 unspecified atom stereocenters. The predicted molar refractivity (Wildman–Crippen MR) is 130 cm³/mol. The molecule has 1 fully saturated rings. The largest absolute Gasteiger partial charge is 0.487 e. The third-order valence-electron chi connectivity index (χ3n) is 6.03. The number of ether oxygens (including phenoxy) is 1. The highest BCUT2D eigenvalue weighted by atomic mass is 32.2. The molecule has 2 N–H and O–H groups in total. The summed E-state index contributed by atoms with van der Waals surface area (Å²) in [5.41, 5.74) is 2.62. The van der Waals surface area contributed by atoms with E-state index < -0.39 is 15.7 Å². The molecule has 9 heteroatoms.